The maximum Gasteiger partial charge on any atom is 0.167 e. The quantitative estimate of drug-likeness (QED) is 0.658. The minimum absolute atomic E-state index is 0.477. The fourth-order valence-corrected chi connectivity index (χ4v) is 1.90. The van der Waals surface area contributed by atoms with Crippen LogP contribution in [-0.4, -0.2) is 17.1 Å². The first-order valence-corrected chi connectivity index (χ1v) is 5.68. The van der Waals surface area contributed by atoms with Gasteiger partial charge in [0.25, 0.3) is 0 Å². The molecule has 1 aromatic heterocycles. The molecule has 0 radical (unpaired) electrons. The Morgan fingerprint density at radius 1 is 1.33 bits per heavy atom. The van der Waals surface area contributed by atoms with Gasteiger partial charge >= 0.3 is 0 Å². The van der Waals surface area contributed by atoms with Crippen molar-refractivity contribution in [2.75, 3.05) is 12.5 Å². The van der Waals surface area contributed by atoms with Crippen LogP contribution in [0.2, 0.25) is 5.02 Å². The van der Waals surface area contributed by atoms with Crippen LogP contribution >= 0.6 is 11.6 Å². The predicted octanol–water partition coefficient (Wildman–Crippen LogP) is 2.40. The Kier molecular flexibility index (Phi) is 3.64. The minimum Gasteiger partial charge on any atom is -0.496 e. The molecular formula is C12H13ClN4O. The largest absolute Gasteiger partial charge is 0.496 e. The topological polar surface area (TPSA) is 73.1 Å². The second-order valence-corrected chi connectivity index (χ2v) is 4.09. The Morgan fingerprint density at radius 2 is 2.11 bits per heavy atom. The summed E-state index contributed by atoms with van der Waals surface area (Å²) in [7, 11) is 1.58. The maximum atomic E-state index is 6.18. The summed E-state index contributed by atoms with van der Waals surface area (Å²) in [5.41, 5.74) is 3.94. The molecule has 18 heavy (non-hydrogen) atoms. The van der Waals surface area contributed by atoms with E-state index in [-0.39, 0.29) is 0 Å². The van der Waals surface area contributed by atoms with E-state index in [2.05, 4.69) is 15.4 Å². The van der Waals surface area contributed by atoms with Gasteiger partial charge in [0.05, 0.1) is 17.7 Å². The van der Waals surface area contributed by atoms with E-state index in [0.717, 1.165) is 5.69 Å². The lowest BCUT2D eigenvalue weighted by Gasteiger charge is -2.10. The van der Waals surface area contributed by atoms with Crippen molar-refractivity contribution in [3.05, 3.63) is 35.0 Å². The number of hydrogen-bond acceptors (Lipinski definition) is 5. The van der Waals surface area contributed by atoms with Crippen molar-refractivity contribution in [3.63, 3.8) is 0 Å². The summed E-state index contributed by atoms with van der Waals surface area (Å²) in [5, 5.41) is 0.530. The number of nitrogens with one attached hydrogen (secondary N) is 1. The van der Waals surface area contributed by atoms with E-state index in [1.165, 1.54) is 0 Å². The molecule has 0 bridgehead atoms. The lowest BCUT2D eigenvalue weighted by Crippen LogP contribution is -2.10. The molecule has 2 aromatic rings. The zero-order valence-corrected chi connectivity index (χ0v) is 10.8. The van der Waals surface area contributed by atoms with Gasteiger partial charge < -0.3 is 10.2 Å². The lowest BCUT2D eigenvalue weighted by atomic mass is 10.2. The molecule has 0 unspecified atom stereocenters. The fourth-order valence-electron chi connectivity index (χ4n) is 1.65. The molecule has 0 aliphatic heterocycles. The van der Waals surface area contributed by atoms with Crippen LogP contribution in [0.15, 0.2) is 24.3 Å². The molecule has 6 heteroatoms. The molecule has 0 aliphatic rings. The fraction of sp³-hybridized carbons (Fsp3) is 0.167. The monoisotopic (exact) mass is 264 g/mol. The molecule has 94 valence electrons. The second-order valence-electron chi connectivity index (χ2n) is 3.68. The SMILES string of the molecule is COc1cccc(Cl)c1-c1nc(C)cc(NN)n1. The van der Waals surface area contributed by atoms with Crippen molar-refractivity contribution in [1.82, 2.24) is 9.97 Å². The molecule has 0 aliphatic carbocycles. The zero-order valence-electron chi connectivity index (χ0n) is 10.1. The maximum absolute atomic E-state index is 6.18. The van der Waals surface area contributed by atoms with Crippen LogP contribution < -0.4 is 16.0 Å². The van der Waals surface area contributed by atoms with Gasteiger partial charge in [0.1, 0.15) is 11.6 Å². The number of nitrogens with two attached hydrogens (primary N) is 1. The molecule has 0 saturated heterocycles. The third kappa shape index (κ3) is 2.37. The Bertz CT molecular complexity index is 574. The lowest BCUT2D eigenvalue weighted by molar-refractivity contribution is 0.416. The van der Waals surface area contributed by atoms with E-state index in [1.807, 2.05) is 19.1 Å². The van der Waals surface area contributed by atoms with Crippen LogP contribution in [0, 0.1) is 6.92 Å². The number of rotatable bonds is 3. The highest BCUT2D eigenvalue weighted by atomic mass is 35.5. The second kappa shape index (κ2) is 5.20. The number of ether oxygens (including phenoxy) is 1. The van der Waals surface area contributed by atoms with Crippen molar-refractivity contribution in [2.45, 2.75) is 6.92 Å². The van der Waals surface area contributed by atoms with E-state index in [9.17, 15) is 0 Å². The van der Waals surface area contributed by atoms with Crippen molar-refractivity contribution in [3.8, 4) is 17.1 Å². The summed E-state index contributed by atoms with van der Waals surface area (Å²) in [6, 6.07) is 7.12. The molecular weight excluding hydrogens is 252 g/mol. The van der Waals surface area contributed by atoms with Crippen molar-refractivity contribution in [1.29, 1.82) is 0 Å². The molecule has 2 rings (SSSR count). The van der Waals surface area contributed by atoms with Gasteiger partial charge in [-0.1, -0.05) is 17.7 Å². The molecule has 1 heterocycles. The summed E-state index contributed by atoms with van der Waals surface area (Å²) in [5.74, 6) is 7.00. The number of benzene rings is 1. The summed E-state index contributed by atoms with van der Waals surface area (Å²) < 4.78 is 5.28. The molecule has 0 atom stereocenters. The normalized spacial score (nSPS) is 10.2. The van der Waals surface area contributed by atoms with E-state index in [0.29, 0.717) is 28.0 Å². The van der Waals surface area contributed by atoms with Crippen LogP contribution in [0.25, 0.3) is 11.4 Å². The van der Waals surface area contributed by atoms with Gasteiger partial charge in [-0.25, -0.2) is 15.8 Å². The number of hydrogen-bond donors (Lipinski definition) is 2. The minimum atomic E-state index is 0.477. The van der Waals surface area contributed by atoms with Gasteiger partial charge in [-0.3, -0.25) is 0 Å². The van der Waals surface area contributed by atoms with Gasteiger partial charge in [-0.05, 0) is 19.1 Å². The highest BCUT2D eigenvalue weighted by Crippen LogP contribution is 2.34. The van der Waals surface area contributed by atoms with Gasteiger partial charge in [0, 0.05) is 11.8 Å². The number of hydrazine groups is 1. The zero-order chi connectivity index (χ0) is 13.1. The Balaban J connectivity index is 2.64. The smallest absolute Gasteiger partial charge is 0.167 e. The van der Waals surface area contributed by atoms with E-state index < -0.39 is 0 Å². The number of aromatic nitrogens is 2. The summed E-state index contributed by atoms with van der Waals surface area (Å²) in [4.78, 5) is 8.63. The van der Waals surface area contributed by atoms with Gasteiger partial charge in [0.2, 0.25) is 0 Å². The third-order valence-corrected chi connectivity index (χ3v) is 2.74. The Morgan fingerprint density at radius 3 is 2.78 bits per heavy atom. The molecule has 1 aromatic carbocycles. The predicted molar refractivity (Wildman–Crippen MR) is 71.6 cm³/mol. The number of aryl methyl sites for hydroxylation is 1. The molecule has 0 amide bonds. The van der Waals surface area contributed by atoms with Gasteiger partial charge in [-0.15, -0.1) is 0 Å². The number of nitrogen functional groups attached to an aromatic ring is 1. The summed E-state index contributed by atoms with van der Waals surface area (Å²) >= 11 is 6.18. The van der Waals surface area contributed by atoms with Crippen molar-refractivity contribution >= 4 is 17.4 Å². The Labute approximate surface area is 110 Å². The average molecular weight is 265 g/mol. The summed E-state index contributed by atoms with van der Waals surface area (Å²) in [6.45, 7) is 1.86. The number of nitrogens with zero attached hydrogens (tertiary/aromatic N) is 2. The first kappa shape index (κ1) is 12.6. The van der Waals surface area contributed by atoms with Crippen LogP contribution in [0.5, 0.6) is 5.75 Å². The highest BCUT2D eigenvalue weighted by Gasteiger charge is 2.14. The van der Waals surface area contributed by atoms with Crippen molar-refractivity contribution < 1.29 is 4.74 Å². The van der Waals surface area contributed by atoms with E-state index >= 15 is 0 Å². The first-order valence-electron chi connectivity index (χ1n) is 5.31. The molecule has 5 nitrogen and oxygen atoms in total. The molecule has 0 spiro atoms. The average Bonchev–Trinajstić information content (AvgIpc) is 2.37. The van der Waals surface area contributed by atoms with Gasteiger partial charge in [-0.2, -0.15) is 0 Å². The van der Waals surface area contributed by atoms with E-state index in [4.69, 9.17) is 22.2 Å². The summed E-state index contributed by atoms with van der Waals surface area (Å²) in [6.07, 6.45) is 0. The van der Waals surface area contributed by atoms with Crippen LogP contribution in [0.4, 0.5) is 5.82 Å². The highest BCUT2D eigenvalue weighted by molar-refractivity contribution is 6.33. The van der Waals surface area contributed by atoms with Crippen LogP contribution in [0.1, 0.15) is 5.69 Å². The van der Waals surface area contributed by atoms with E-state index in [1.54, 1.807) is 19.2 Å². The number of methoxy groups -OCH3 is 1. The third-order valence-electron chi connectivity index (χ3n) is 2.42. The van der Waals surface area contributed by atoms with Crippen molar-refractivity contribution in [2.24, 2.45) is 5.84 Å². The number of halogens is 1. The molecule has 0 saturated carbocycles. The van der Waals surface area contributed by atoms with Crippen LogP contribution in [0.3, 0.4) is 0 Å². The first-order chi connectivity index (χ1) is 8.65. The molecule has 3 N–H and O–H groups in total. The van der Waals surface area contributed by atoms with Crippen LogP contribution in [-0.2, 0) is 0 Å². The molecule has 0 fully saturated rings. The number of anilines is 1. The Hall–Kier alpha value is -1.85. The standard InChI is InChI=1S/C12H13ClN4O/c1-7-6-10(17-14)16-12(15-7)11-8(13)4-3-5-9(11)18-2/h3-6H,14H2,1-2H3,(H,15,16,17). The van der Waals surface area contributed by atoms with Gasteiger partial charge in [0.15, 0.2) is 5.82 Å².